The van der Waals surface area contributed by atoms with Crippen LogP contribution in [-0.4, -0.2) is 41.7 Å². The molecule has 2 N–H and O–H groups in total. The lowest BCUT2D eigenvalue weighted by Crippen LogP contribution is -2.46. The van der Waals surface area contributed by atoms with E-state index in [0.717, 1.165) is 25.7 Å². The van der Waals surface area contributed by atoms with Crippen LogP contribution in [0.2, 0.25) is 0 Å². The van der Waals surface area contributed by atoms with Crippen molar-refractivity contribution in [2.45, 2.75) is 83.1 Å². The van der Waals surface area contributed by atoms with Crippen molar-refractivity contribution < 1.29 is 19.4 Å². The van der Waals surface area contributed by atoms with E-state index in [-0.39, 0.29) is 6.04 Å². The van der Waals surface area contributed by atoms with Gasteiger partial charge in [-0.15, -0.1) is 0 Å². The lowest BCUT2D eigenvalue weighted by Gasteiger charge is -2.34. The molecule has 2 atom stereocenters. The summed E-state index contributed by atoms with van der Waals surface area (Å²) in [6.45, 7) is 7.34. The molecule has 0 aromatic carbocycles. The Bertz CT molecular complexity index is 318. The van der Waals surface area contributed by atoms with Gasteiger partial charge in [0.05, 0.1) is 11.7 Å². The summed E-state index contributed by atoms with van der Waals surface area (Å²) in [5.74, 6) is 0. The van der Waals surface area contributed by atoms with E-state index in [1.807, 2.05) is 27.7 Å². The second-order valence-corrected chi connectivity index (χ2v) is 6.77. The molecule has 118 valence electrons. The second-order valence-electron chi connectivity index (χ2n) is 6.77. The van der Waals surface area contributed by atoms with Gasteiger partial charge in [0.2, 0.25) is 0 Å². The van der Waals surface area contributed by atoms with E-state index in [2.05, 4.69) is 5.32 Å². The Kier molecular flexibility index (Phi) is 5.83. The highest BCUT2D eigenvalue weighted by molar-refractivity contribution is 5.68. The van der Waals surface area contributed by atoms with Gasteiger partial charge in [-0.1, -0.05) is 12.8 Å². The second kappa shape index (κ2) is 6.76. The monoisotopic (exact) mass is 287 g/mol. The molecule has 0 heterocycles. The van der Waals surface area contributed by atoms with Crippen LogP contribution in [0.15, 0.2) is 0 Å². The maximum Gasteiger partial charge on any atom is 0.407 e. The predicted molar refractivity (Wildman–Crippen MR) is 77.7 cm³/mol. The number of carbonyl (C=O) groups excluding carboxylic acids is 1. The number of carbonyl (C=O) groups is 1. The number of nitrogens with one attached hydrogen (secondary N) is 1. The van der Waals surface area contributed by atoms with Crippen molar-refractivity contribution in [1.82, 2.24) is 5.32 Å². The number of hydrogen-bond acceptors (Lipinski definition) is 4. The zero-order chi connectivity index (χ0) is 15.4. The lowest BCUT2D eigenvalue weighted by molar-refractivity contribution is -0.103. The van der Waals surface area contributed by atoms with Crippen LogP contribution in [0.25, 0.3) is 0 Å². The van der Waals surface area contributed by atoms with Crippen molar-refractivity contribution in [3.05, 3.63) is 0 Å². The molecule has 1 saturated carbocycles. The number of hydrogen-bond donors (Lipinski definition) is 2. The summed E-state index contributed by atoms with van der Waals surface area (Å²) < 4.78 is 10.8. The molecule has 5 heteroatoms. The number of alkyl carbamates (subject to hydrolysis) is 1. The Labute approximate surface area is 122 Å². The minimum Gasteiger partial charge on any atom is -0.444 e. The number of aliphatic hydroxyl groups is 1. The van der Waals surface area contributed by atoms with Gasteiger partial charge in [-0.3, -0.25) is 0 Å². The van der Waals surface area contributed by atoms with Crippen LogP contribution in [0.4, 0.5) is 4.79 Å². The van der Waals surface area contributed by atoms with E-state index in [1.54, 1.807) is 7.11 Å². The van der Waals surface area contributed by atoms with Crippen molar-refractivity contribution in [3.63, 3.8) is 0 Å². The van der Waals surface area contributed by atoms with E-state index in [1.165, 1.54) is 0 Å². The molecule has 0 aromatic heterocycles. The summed E-state index contributed by atoms with van der Waals surface area (Å²) in [6, 6.07) is -0.160. The van der Waals surface area contributed by atoms with E-state index >= 15 is 0 Å². The smallest absolute Gasteiger partial charge is 0.407 e. The average Bonchev–Trinajstić information content (AvgIpc) is 2.75. The van der Waals surface area contributed by atoms with Crippen molar-refractivity contribution >= 4 is 6.09 Å². The zero-order valence-electron chi connectivity index (χ0n) is 13.4. The molecule has 5 nitrogen and oxygen atoms in total. The van der Waals surface area contributed by atoms with Gasteiger partial charge >= 0.3 is 6.09 Å². The number of amides is 1. The van der Waals surface area contributed by atoms with E-state index in [9.17, 15) is 9.90 Å². The first-order valence-corrected chi connectivity index (χ1v) is 7.41. The Hall–Kier alpha value is -0.810. The van der Waals surface area contributed by atoms with Crippen LogP contribution in [-0.2, 0) is 9.47 Å². The fraction of sp³-hybridized carbons (Fsp3) is 0.933. The maximum atomic E-state index is 11.7. The van der Waals surface area contributed by atoms with Crippen molar-refractivity contribution in [1.29, 1.82) is 0 Å². The van der Waals surface area contributed by atoms with Gasteiger partial charge in [-0.05, 0) is 47.0 Å². The molecule has 1 aliphatic rings. The highest BCUT2D eigenvalue weighted by Crippen LogP contribution is 2.37. The molecule has 0 aromatic rings. The number of methoxy groups -OCH3 is 1. The SMILES string of the molecule is COC1(C(O)CC(C)NC(=O)OC(C)(C)C)CCCC1. The van der Waals surface area contributed by atoms with Crippen LogP contribution in [0.1, 0.15) is 59.8 Å². The van der Waals surface area contributed by atoms with Gasteiger partial charge < -0.3 is 19.9 Å². The van der Waals surface area contributed by atoms with Crippen LogP contribution >= 0.6 is 0 Å². The molecule has 20 heavy (non-hydrogen) atoms. The summed E-state index contributed by atoms with van der Waals surface area (Å²) in [4.78, 5) is 11.7. The molecule has 2 unspecified atom stereocenters. The van der Waals surface area contributed by atoms with E-state index in [4.69, 9.17) is 9.47 Å². The molecule has 0 aliphatic heterocycles. The lowest BCUT2D eigenvalue weighted by atomic mass is 9.90. The normalized spacial score (nSPS) is 21.3. The van der Waals surface area contributed by atoms with Gasteiger partial charge in [0.25, 0.3) is 0 Å². The fourth-order valence-corrected chi connectivity index (χ4v) is 2.76. The fourth-order valence-electron chi connectivity index (χ4n) is 2.76. The van der Waals surface area contributed by atoms with Crippen LogP contribution in [0.3, 0.4) is 0 Å². The zero-order valence-corrected chi connectivity index (χ0v) is 13.4. The molecule has 0 radical (unpaired) electrons. The highest BCUT2D eigenvalue weighted by Gasteiger charge is 2.41. The quantitative estimate of drug-likeness (QED) is 0.815. The number of ether oxygens (including phenoxy) is 2. The topological polar surface area (TPSA) is 67.8 Å². The molecule has 1 fully saturated rings. The molecular weight excluding hydrogens is 258 g/mol. The Morgan fingerprint density at radius 3 is 2.35 bits per heavy atom. The van der Waals surface area contributed by atoms with Gasteiger partial charge in [0.15, 0.2) is 0 Å². The Morgan fingerprint density at radius 1 is 1.35 bits per heavy atom. The molecule has 0 bridgehead atoms. The highest BCUT2D eigenvalue weighted by atomic mass is 16.6. The van der Waals surface area contributed by atoms with Crippen LogP contribution < -0.4 is 5.32 Å². The summed E-state index contributed by atoms with van der Waals surface area (Å²) in [5, 5.41) is 13.2. The minimum absolute atomic E-state index is 0.160. The summed E-state index contributed by atoms with van der Waals surface area (Å²) in [6.07, 6.45) is 3.37. The number of aliphatic hydroxyl groups excluding tert-OH is 1. The van der Waals surface area contributed by atoms with Gasteiger partial charge in [0.1, 0.15) is 5.60 Å². The molecule has 0 saturated heterocycles. The first-order valence-electron chi connectivity index (χ1n) is 7.41. The van der Waals surface area contributed by atoms with Gasteiger partial charge in [-0.25, -0.2) is 4.79 Å². The maximum absolute atomic E-state index is 11.7. The van der Waals surface area contributed by atoms with Crippen LogP contribution in [0, 0.1) is 0 Å². The van der Waals surface area contributed by atoms with Gasteiger partial charge in [-0.2, -0.15) is 0 Å². The summed E-state index contributed by atoms with van der Waals surface area (Å²) in [5.41, 5.74) is -0.953. The molecular formula is C15H29NO4. The molecule has 1 aliphatic carbocycles. The summed E-state index contributed by atoms with van der Waals surface area (Å²) in [7, 11) is 1.65. The average molecular weight is 287 g/mol. The standard InChI is InChI=1S/C15H29NO4/c1-11(16-13(18)20-14(2,3)4)10-12(17)15(19-5)8-6-7-9-15/h11-12,17H,6-10H2,1-5H3,(H,16,18). The van der Waals surface area contributed by atoms with E-state index < -0.39 is 23.4 Å². The summed E-state index contributed by atoms with van der Waals surface area (Å²) >= 11 is 0. The van der Waals surface area contributed by atoms with Gasteiger partial charge in [0, 0.05) is 13.2 Å². The largest absolute Gasteiger partial charge is 0.444 e. The third-order valence-corrected chi connectivity index (χ3v) is 3.80. The molecule has 1 rings (SSSR count). The first kappa shape index (κ1) is 17.2. The van der Waals surface area contributed by atoms with Crippen molar-refractivity contribution in [3.8, 4) is 0 Å². The molecule has 1 amide bonds. The van der Waals surface area contributed by atoms with Crippen molar-refractivity contribution in [2.24, 2.45) is 0 Å². The predicted octanol–water partition coefficient (Wildman–Crippen LogP) is 2.61. The number of rotatable bonds is 5. The Morgan fingerprint density at radius 2 is 1.90 bits per heavy atom. The third kappa shape index (κ3) is 4.94. The third-order valence-electron chi connectivity index (χ3n) is 3.80. The molecule has 0 spiro atoms. The van der Waals surface area contributed by atoms with E-state index in [0.29, 0.717) is 6.42 Å². The van der Waals surface area contributed by atoms with Crippen LogP contribution in [0.5, 0.6) is 0 Å². The minimum atomic E-state index is -0.570. The van der Waals surface area contributed by atoms with Crippen molar-refractivity contribution in [2.75, 3.05) is 7.11 Å². The first-order chi connectivity index (χ1) is 9.18. The Balaban J connectivity index is 2.45.